The molecule has 0 fully saturated rings. The summed E-state index contributed by atoms with van der Waals surface area (Å²) in [5.74, 6) is 0. The molecule has 0 amide bonds. The summed E-state index contributed by atoms with van der Waals surface area (Å²) >= 11 is 0. The second kappa shape index (κ2) is 6.47. The van der Waals surface area contributed by atoms with Gasteiger partial charge < -0.3 is 0 Å². The summed E-state index contributed by atoms with van der Waals surface area (Å²) in [6.07, 6.45) is 8.68. The molecule has 1 aliphatic carbocycles. The maximum absolute atomic E-state index is 2.44. The predicted octanol–water partition coefficient (Wildman–Crippen LogP) is 5.94. The van der Waals surface area contributed by atoms with E-state index in [4.69, 9.17) is 0 Å². The van der Waals surface area contributed by atoms with E-state index in [9.17, 15) is 0 Å². The Morgan fingerprint density at radius 2 is 1.19 bits per heavy atom. The molecule has 21 heavy (non-hydrogen) atoms. The second-order valence-corrected chi connectivity index (χ2v) is 6.37. The lowest BCUT2D eigenvalue weighted by Gasteiger charge is -2.07. The van der Waals surface area contributed by atoms with Crippen molar-refractivity contribution in [3.05, 3.63) is 58.7 Å². The van der Waals surface area contributed by atoms with Gasteiger partial charge in [0.1, 0.15) is 0 Å². The maximum Gasteiger partial charge on any atom is -0.00134 e. The number of hydrogen-bond donors (Lipinski definition) is 0. The molecular weight excluding hydrogens is 252 g/mol. The first-order valence-electron chi connectivity index (χ1n) is 8.55. The standard InChI is InChI=1S/C21H26/c1-3-5-7-16-9-11-18-15-19-12-10-17(8-6-4-2)14-21(19)20(18)13-16/h9-14H,3-8,15H2,1-2H3. The Balaban J connectivity index is 1.90. The van der Waals surface area contributed by atoms with Crippen molar-refractivity contribution >= 4 is 0 Å². The molecule has 0 heterocycles. The highest BCUT2D eigenvalue weighted by Crippen LogP contribution is 2.38. The van der Waals surface area contributed by atoms with Crippen LogP contribution >= 0.6 is 0 Å². The van der Waals surface area contributed by atoms with Gasteiger partial charge in [0.25, 0.3) is 0 Å². The zero-order valence-corrected chi connectivity index (χ0v) is 13.4. The molecule has 0 aliphatic heterocycles. The van der Waals surface area contributed by atoms with Crippen molar-refractivity contribution in [3.63, 3.8) is 0 Å². The van der Waals surface area contributed by atoms with Crippen LogP contribution in [0.15, 0.2) is 36.4 Å². The number of rotatable bonds is 6. The highest BCUT2D eigenvalue weighted by molar-refractivity contribution is 5.77. The minimum Gasteiger partial charge on any atom is -0.0654 e. The fourth-order valence-electron chi connectivity index (χ4n) is 3.33. The highest BCUT2D eigenvalue weighted by Gasteiger charge is 2.18. The third-order valence-corrected chi connectivity index (χ3v) is 4.66. The Morgan fingerprint density at radius 1 is 0.714 bits per heavy atom. The van der Waals surface area contributed by atoms with Gasteiger partial charge in [-0.15, -0.1) is 0 Å². The Hall–Kier alpha value is -1.56. The van der Waals surface area contributed by atoms with Gasteiger partial charge in [0.15, 0.2) is 0 Å². The average Bonchev–Trinajstić information content (AvgIpc) is 2.88. The van der Waals surface area contributed by atoms with Crippen LogP contribution in [0.25, 0.3) is 11.1 Å². The molecule has 0 aromatic heterocycles. The molecule has 2 aromatic rings. The summed E-state index contributed by atoms with van der Waals surface area (Å²) in [7, 11) is 0. The minimum atomic E-state index is 1.12. The van der Waals surface area contributed by atoms with Crippen LogP contribution in [-0.2, 0) is 19.3 Å². The van der Waals surface area contributed by atoms with Crippen molar-refractivity contribution in [3.8, 4) is 11.1 Å². The molecule has 0 unspecified atom stereocenters. The molecule has 0 saturated heterocycles. The summed E-state index contributed by atoms with van der Waals surface area (Å²) in [6, 6.07) is 14.3. The first-order valence-corrected chi connectivity index (χ1v) is 8.55. The molecule has 1 aliphatic rings. The molecule has 0 heteroatoms. The lowest BCUT2D eigenvalue weighted by molar-refractivity contribution is 0.794. The van der Waals surface area contributed by atoms with Crippen LogP contribution in [0.3, 0.4) is 0 Å². The van der Waals surface area contributed by atoms with Crippen molar-refractivity contribution in [2.75, 3.05) is 0 Å². The van der Waals surface area contributed by atoms with Gasteiger partial charge in [-0.3, -0.25) is 0 Å². The van der Waals surface area contributed by atoms with Crippen molar-refractivity contribution < 1.29 is 0 Å². The van der Waals surface area contributed by atoms with Gasteiger partial charge in [-0.1, -0.05) is 63.1 Å². The normalized spacial score (nSPS) is 12.3. The van der Waals surface area contributed by atoms with E-state index < -0.39 is 0 Å². The Kier molecular flexibility index (Phi) is 4.43. The zero-order valence-electron chi connectivity index (χ0n) is 13.4. The van der Waals surface area contributed by atoms with Gasteiger partial charge in [-0.25, -0.2) is 0 Å². The quantitative estimate of drug-likeness (QED) is 0.523. The minimum absolute atomic E-state index is 1.12. The maximum atomic E-state index is 2.44. The van der Waals surface area contributed by atoms with E-state index in [-0.39, 0.29) is 0 Å². The number of aryl methyl sites for hydroxylation is 2. The summed E-state index contributed by atoms with van der Waals surface area (Å²) in [6.45, 7) is 4.53. The Bertz CT molecular complexity index is 566. The Morgan fingerprint density at radius 3 is 1.62 bits per heavy atom. The molecule has 0 spiro atoms. The highest BCUT2D eigenvalue weighted by atomic mass is 14.2. The molecule has 0 radical (unpaired) electrons. The summed E-state index contributed by atoms with van der Waals surface area (Å²) < 4.78 is 0. The topological polar surface area (TPSA) is 0 Å². The molecular formula is C21H26. The Labute approximate surface area is 129 Å². The summed E-state index contributed by atoms with van der Waals surface area (Å²) in [5.41, 5.74) is 9.02. The SMILES string of the molecule is CCCCc1ccc2c(c1)-c1cc(CCCC)ccc1C2. The van der Waals surface area contributed by atoms with Gasteiger partial charge >= 0.3 is 0 Å². The van der Waals surface area contributed by atoms with Crippen LogP contribution in [0.1, 0.15) is 61.8 Å². The van der Waals surface area contributed by atoms with Crippen LogP contribution in [0.2, 0.25) is 0 Å². The zero-order chi connectivity index (χ0) is 14.7. The number of unbranched alkanes of at least 4 members (excludes halogenated alkanes) is 2. The fraction of sp³-hybridized carbons (Fsp3) is 0.429. The van der Waals surface area contributed by atoms with Crippen molar-refractivity contribution in [2.24, 2.45) is 0 Å². The molecule has 0 bridgehead atoms. The molecule has 0 atom stereocenters. The van der Waals surface area contributed by atoms with Gasteiger partial charge in [-0.2, -0.15) is 0 Å². The van der Waals surface area contributed by atoms with E-state index in [1.54, 1.807) is 0 Å². The third-order valence-electron chi connectivity index (χ3n) is 4.66. The van der Waals surface area contributed by atoms with Crippen molar-refractivity contribution in [1.29, 1.82) is 0 Å². The van der Waals surface area contributed by atoms with E-state index in [0.29, 0.717) is 0 Å². The van der Waals surface area contributed by atoms with Crippen molar-refractivity contribution in [2.45, 2.75) is 58.8 Å². The van der Waals surface area contributed by atoms with Gasteiger partial charge in [0.2, 0.25) is 0 Å². The van der Waals surface area contributed by atoms with Crippen LogP contribution in [0.5, 0.6) is 0 Å². The van der Waals surface area contributed by atoms with E-state index in [0.717, 1.165) is 6.42 Å². The lowest BCUT2D eigenvalue weighted by atomic mass is 9.98. The van der Waals surface area contributed by atoms with E-state index in [2.05, 4.69) is 50.2 Å². The summed E-state index contributed by atoms with van der Waals surface area (Å²) in [5, 5.41) is 0. The lowest BCUT2D eigenvalue weighted by Crippen LogP contribution is -1.88. The van der Waals surface area contributed by atoms with E-state index in [1.807, 2.05) is 0 Å². The first-order chi connectivity index (χ1) is 10.3. The first kappa shape index (κ1) is 14.4. The monoisotopic (exact) mass is 278 g/mol. The predicted molar refractivity (Wildman–Crippen MR) is 91.9 cm³/mol. The third kappa shape index (κ3) is 3.05. The van der Waals surface area contributed by atoms with E-state index >= 15 is 0 Å². The van der Waals surface area contributed by atoms with Gasteiger partial charge in [0, 0.05) is 0 Å². The van der Waals surface area contributed by atoms with E-state index in [1.165, 1.54) is 71.9 Å². The van der Waals surface area contributed by atoms with Crippen LogP contribution in [0.4, 0.5) is 0 Å². The summed E-state index contributed by atoms with van der Waals surface area (Å²) in [4.78, 5) is 0. The van der Waals surface area contributed by atoms with Crippen LogP contribution < -0.4 is 0 Å². The van der Waals surface area contributed by atoms with Gasteiger partial charge in [0.05, 0.1) is 0 Å². The smallest absolute Gasteiger partial charge is 0.00134 e. The number of benzene rings is 2. The average molecular weight is 278 g/mol. The molecule has 0 nitrogen and oxygen atoms in total. The van der Waals surface area contributed by atoms with Crippen LogP contribution in [-0.4, -0.2) is 0 Å². The molecule has 0 N–H and O–H groups in total. The molecule has 3 rings (SSSR count). The second-order valence-electron chi connectivity index (χ2n) is 6.37. The molecule has 2 aromatic carbocycles. The van der Waals surface area contributed by atoms with Crippen LogP contribution in [0, 0.1) is 0 Å². The fourth-order valence-corrected chi connectivity index (χ4v) is 3.33. The largest absolute Gasteiger partial charge is 0.0654 e. The van der Waals surface area contributed by atoms with Gasteiger partial charge in [-0.05, 0) is 65.5 Å². The van der Waals surface area contributed by atoms with Crippen molar-refractivity contribution in [1.82, 2.24) is 0 Å². The molecule has 110 valence electrons. The number of fused-ring (bicyclic) bond motifs is 3. The number of hydrogen-bond acceptors (Lipinski definition) is 0. The molecule has 0 saturated carbocycles.